The lowest BCUT2D eigenvalue weighted by Gasteiger charge is -2.31. The van der Waals surface area contributed by atoms with Gasteiger partial charge in [0.2, 0.25) is 18.6 Å². The van der Waals surface area contributed by atoms with Crippen molar-refractivity contribution in [2.75, 3.05) is 6.79 Å². The van der Waals surface area contributed by atoms with Crippen LogP contribution in [-0.4, -0.2) is 29.5 Å². The number of nitrogens with zero attached hydrogens (tertiary/aromatic N) is 1. The molecule has 0 unspecified atom stereocenters. The quantitative estimate of drug-likeness (QED) is 0.540. The Labute approximate surface area is 194 Å². The Morgan fingerprint density at radius 3 is 2.24 bits per heavy atom. The van der Waals surface area contributed by atoms with Gasteiger partial charge in [-0.25, -0.2) is 0 Å². The van der Waals surface area contributed by atoms with Crippen LogP contribution in [-0.2, 0) is 29.1 Å². The first-order valence-electron chi connectivity index (χ1n) is 11.2. The smallest absolute Gasteiger partial charge is 0.243 e. The Balaban J connectivity index is 1.55. The van der Waals surface area contributed by atoms with Crippen LogP contribution in [0.1, 0.15) is 30.0 Å². The first-order chi connectivity index (χ1) is 16.1. The molecule has 3 aromatic carbocycles. The van der Waals surface area contributed by atoms with E-state index in [1.54, 1.807) is 4.90 Å². The van der Waals surface area contributed by atoms with Crippen molar-refractivity contribution in [1.29, 1.82) is 0 Å². The molecular weight excluding hydrogens is 416 g/mol. The maximum Gasteiger partial charge on any atom is 0.243 e. The Bertz CT molecular complexity index is 1090. The molecule has 4 rings (SSSR count). The minimum absolute atomic E-state index is 0.0574. The minimum atomic E-state index is -0.630. The molecule has 1 heterocycles. The largest absolute Gasteiger partial charge is 0.454 e. The fourth-order valence-electron chi connectivity index (χ4n) is 3.90. The molecule has 170 valence electrons. The molecule has 0 saturated carbocycles. The van der Waals surface area contributed by atoms with Crippen molar-refractivity contribution in [2.24, 2.45) is 0 Å². The Hall–Kier alpha value is -3.80. The maximum atomic E-state index is 13.4. The monoisotopic (exact) mass is 444 g/mol. The molecule has 0 radical (unpaired) electrons. The highest BCUT2D eigenvalue weighted by atomic mass is 16.7. The van der Waals surface area contributed by atoms with Crippen LogP contribution >= 0.6 is 0 Å². The summed E-state index contributed by atoms with van der Waals surface area (Å²) in [5, 5.41) is 3.03. The molecule has 0 aromatic heterocycles. The summed E-state index contributed by atoms with van der Waals surface area (Å²) in [5.74, 6) is 1.14. The molecule has 6 nitrogen and oxygen atoms in total. The SMILES string of the molecule is CCC(=O)N(Cc1ccccc1)[C@H](Cc1ccccc1)C(=O)NCc1ccc2c(c1)OCO2. The Morgan fingerprint density at radius 2 is 1.55 bits per heavy atom. The summed E-state index contributed by atoms with van der Waals surface area (Å²) >= 11 is 0. The number of hydrogen-bond acceptors (Lipinski definition) is 4. The molecule has 2 amide bonds. The van der Waals surface area contributed by atoms with Gasteiger partial charge in [0, 0.05) is 25.9 Å². The van der Waals surface area contributed by atoms with Crippen LogP contribution in [0.5, 0.6) is 11.5 Å². The topological polar surface area (TPSA) is 67.9 Å². The molecule has 1 aliphatic rings. The summed E-state index contributed by atoms with van der Waals surface area (Å²) in [6.07, 6.45) is 0.764. The van der Waals surface area contributed by atoms with Crippen molar-refractivity contribution < 1.29 is 19.1 Å². The fraction of sp³-hybridized carbons (Fsp3) is 0.259. The highest BCUT2D eigenvalue weighted by molar-refractivity contribution is 5.88. The maximum absolute atomic E-state index is 13.4. The number of nitrogens with one attached hydrogen (secondary N) is 1. The zero-order chi connectivity index (χ0) is 23.0. The fourth-order valence-corrected chi connectivity index (χ4v) is 3.90. The summed E-state index contributed by atoms with van der Waals surface area (Å²) in [6.45, 7) is 2.74. The zero-order valence-electron chi connectivity index (χ0n) is 18.7. The van der Waals surface area contributed by atoms with Gasteiger partial charge in [-0.05, 0) is 28.8 Å². The van der Waals surface area contributed by atoms with E-state index < -0.39 is 6.04 Å². The number of benzene rings is 3. The summed E-state index contributed by atoms with van der Waals surface area (Å²) in [7, 11) is 0. The van der Waals surface area contributed by atoms with Crippen LogP contribution in [0.3, 0.4) is 0 Å². The molecule has 1 atom stereocenters. The summed E-state index contributed by atoms with van der Waals surface area (Å²) < 4.78 is 10.8. The second-order valence-electron chi connectivity index (χ2n) is 7.97. The van der Waals surface area contributed by atoms with E-state index in [-0.39, 0.29) is 18.6 Å². The van der Waals surface area contributed by atoms with E-state index >= 15 is 0 Å². The molecule has 0 aliphatic carbocycles. The van der Waals surface area contributed by atoms with Gasteiger partial charge in [0.1, 0.15) is 6.04 Å². The van der Waals surface area contributed by atoms with Crippen molar-refractivity contribution >= 4 is 11.8 Å². The first kappa shape index (κ1) is 22.4. The molecule has 33 heavy (non-hydrogen) atoms. The van der Waals surface area contributed by atoms with E-state index in [4.69, 9.17) is 9.47 Å². The lowest BCUT2D eigenvalue weighted by molar-refractivity contribution is -0.141. The number of carbonyl (C=O) groups is 2. The molecule has 6 heteroatoms. The number of hydrogen-bond donors (Lipinski definition) is 1. The number of carbonyl (C=O) groups excluding carboxylic acids is 2. The molecular formula is C27H28N2O4. The highest BCUT2D eigenvalue weighted by Gasteiger charge is 2.29. The molecule has 3 aromatic rings. The minimum Gasteiger partial charge on any atom is -0.454 e. The number of amides is 2. The van der Waals surface area contributed by atoms with Gasteiger partial charge in [-0.1, -0.05) is 73.7 Å². The van der Waals surface area contributed by atoms with Crippen LogP contribution in [0.25, 0.3) is 0 Å². The van der Waals surface area contributed by atoms with Gasteiger partial charge >= 0.3 is 0 Å². The van der Waals surface area contributed by atoms with Crippen molar-refractivity contribution in [3.63, 3.8) is 0 Å². The summed E-state index contributed by atoms with van der Waals surface area (Å²) in [6, 6.07) is 24.5. The average Bonchev–Trinajstić information content (AvgIpc) is 3.33. The van der Waals surface area contributed by atoms with Crippen LogP contribution in [0, 0.1) is 0 Å². The first-order valence-corrected chi connectivity index (χ1v) is 11.2. The van der Waals surface area contributed by atoms with E-state index in [0.29, 0.717) is 37.4 Å². The predicted octanol–water partition coefficient (Wildman–Crippen LogP) is 4.08. The normalized spacial score (nSPS) is 12.8. The Kier molecular flexibility index (Phi) is 7.25. The molecule has 1 N–H and O–H groups in total. The molecule has 0 bridgehead atoms. The van der Waals surface area contributed by atoms with Crippen LogP contribution < -0.4 is 14.8 Å². The van der Waals surface area contributed by atoms with Crippen molar-refractivity contribution in [3.05, 3.63) is 95.6 Å². The molecule has 0 fully saturated rings. The van der Waals surface area contributed by atoms with Crippen LogP contribution in [0.4, 0.5) is 0 Å². The zero-order valence-corrected chi connectivity index (χ0v) is 18.7. The average molecular weight is 445 g/mol. The number of fused-ring (bicyclic) bond motifs is 1. The van der Waals surface area contributed by atoms with Gasteiger partial charge in [-0.2, -0.15) is 0 Å². The number of ether oxygens (including phenoxy) is 2. The van der Waals surface area contributed by atoms with Gasteiger partial charge in [0.25, 0.3) is 0 Å². The molecule has 1 aliphatic heterocycles. The van der Waals surface area contributed by atoms with Gasteiger partial charge in [-0.3, -0.25) is 9.59 Å². The third-order valence-corrected chi connectivity index (χ3v) is 5.67. The predicted molar refractivity (Wildman–Crippen MR) is 126 cm³/mol. The van der Waals surface area contributed by atoms with Crippen molar-refractivity contribution in [3.8, 4) is 11.5 Å². The second-order valence-corrected chi connectivity index (χ2v) is 7.97. The number of rotatable bonds is 9. The van der Waals surface area contributed by atoms with Crippen LogP contribution in [0.2, 0.25) is 0 Å². The molecule has 0 saturated heterocycles. The highest BCUT2D eigenvalue weighted by Crippen LogP contribution is 2.32. The third-order valence-electron chi connectivity index (χ3n) is 5.67. The lowest BCUT2D eigenvalue weighted by Crippen LogP contribution is -2.50. The van der Waals surface area contributed by atoms with Gasteiger partial charge in [0.05, 0.1) is 0 Å². The lowest BCUT2D eigenvalue weighted by atomic mass is 10.0. The van der Waals surface area contributed by atoms with E-state index in [1.807, 2.05) is 85.8 Å². The van der Waals surface area contributed by atoms with E-state index in [2.05, 4.69) is 5.32 Å². The van der Waals surface area contributed by atoms with Gasteiger partial charge in [0.15, 0.2) is 11.5 Å². The summed E-state index contributed by atoms with van der Waals surface area (Å²) in [4.78, 5) is 28.1. The van der Waals surface area contributed by atoms with E-state index in [0.717, 1.165) is 16.7 Å². The standard InChI is InChI=1S/C27H28N2O4/c1-2-26(30)29(18-21-11-7-4-8-12-21)23(15-20-9-5-3-6-10-20)27(31)28-17-22-13-14-24-25(16-22)33-19-32-24/h3-14,16,23H,2,15,17-19H2,1H3,(H,28,31)/t23-/m1/s1. The van der Waals surface area contributed by atoms with Crippen molar-refractivity contribution in [2.45, 2.75) is 38.9 Å². The van der Waals surface area contributed by atoms with Gasteiger partial charge < -0.3 is 19.7 Å². The van der Waals surface area contributed by atoms with E-state index in [1.165, 1.54) is 0 Å². The third kappa shape index (κ3) is 5.71. The Morgan fingerprint density at radius 1 is 0.879 bits per heavy atom. The molecule has 0 spiro atoms. The summed E-state index contributed by atoms with van der Waals surface area (Å²) in [5.41, 5.74) is 2.89. The van der Waals surface area contributed by atoms with Crippen molar-refractivity contribution in [1.82, 2.24) is 10.2 Å². The van der Waals surface area contributed by atoms with E-state index in [9.17, 15) is 9.59 Å². The van der Waals surface area contributed by atoms with Crippen LogP contribution in [0.15, 0.2) is 78.9 Å². The van der Waals surface area contributed by atoms with Gasteiger partial charge in [-0.15, -0.1) is 0 Å². The second kappa shape index (κ2) is 10.7.